The smallest absolute Gasteiger partial charge is 0.230 e. The van der Waals surface area contributed by atoms with E-state index in [4.69, 9.17) is 11.6 Å². The van der Waals surface area contributed by atoms with Crippen LogP contribution < -0.4 is 5.32 Å². The van der Waals surface area contributed by atoms with E-state index in [1.54, 1.807) is 26.0 Å². The summed E-state index contributed by atoms with van der Waals surface area (Å²) in [4.78, 5) is 20.5. The van der Waals surface area contributed by atoms with Crippen molar-refractivity contribution in [3.05, 3.63) is 74.8 Å². The molecule has 1 amide bonds. The fraction of sp³-hybridized carbons (Fsp3) is 0.385. The zero-order chi connectivity index (χ0) is 27.1. The summed E-state index contributed by atoms with van der Waals surface area (Å²) < 4.78 is 53.2. The maximum Gasteiger partial charge on any atom is 0.230 e. The molecular weight excluding hydrogens is 540 g/mol. The van der Waals surface area contributed by atoms with Crippen LogP contribution >= 0.6 is 22.9 Å². The molecule has 0 bridgehead atoms. The van der Waals surface area contributed by atoms with E-state index in [0.717, 1.165) is 22.7 Å². The molecule has 37 heavy (non-hydrogen) atoms. The molecule has 11 heteroatoms. The Morgan fingerprint density at radius 1 is 1.19 bits per heavy atom. The molecule has 2 atom stereocenters. The Balaban J connectivity index is 1.48. The van der Waals surface area contributed by atoms with Crippen molar-refractivity contribution in [2.75, 3.05) is 11.1 Å². The summed E-state index contributed by atoms with van der Waals surface area (Å²) in [6.45, 7) is 7.84. The van der Waals surface area contributed by atoms with Gasteiger partial charge >= 0.3 is 0 Å². The number of fused-ring (bicyclic) bond motifs is 1. The summed E-state index contributed by atoms with van der Waals surface area (Å²) in [5.74, 6) is -1.52. The third-order valence-corrected chi connectivity index (χ3v) is 9.50. The first-order valence-electron chi connectivity index (χ1n) is 11.9. The second-order valence-corrected chi connectivity index (χ2v) is 13.2. The number of halogens is 3. The Morgan fingerprint density at radius 3 is 2.38 bits per heavy atom. The number of benzene rings is 2. The van der Waals surface area contributed by atoms with Crippen LogP contribution in [0.4, 0.5) is 13.9 Å². The van der Waals surface area contributed by atoms with Gasteiger partial charge in [-0.05, 0) is 42.7 Å². The summed E-state index contributed by atoms with van der Waals surface area (Å²) >= 11 is 7.15. The predicted molar refractivity (Wildman–Crippen MR) is 142 cm³/mol. The highest BCUT2D eigenvalue weighted by molar-refractivity contribution is 7.91. The molecule has 0 fully saturated rings. The summed E-state index contributed by atoms with van der Waals surface area (Å²) in [6.07, 6.45) is 0.0720. The first-order valence-corrected chi connectivity index (χ1v) is 14.8. The summed E-state index contributed by atoms with van der Waals surface area (Å²) in [5.41, 5.74) is 1.45. The zero-order valence-electron chi connectivity index (χ0n) is 20.9. The highest BCUT2D eigenvalue weighted by Gasteiger charge is 2.40. The standard InChI is InChI=1S/C26H28ClF2N3O3S2/c1-5-37(34,35)18-8-6-16(7-9-18)10-22(33)30-26-31-24-21(36-26)13-32(25(24)14(2)3)15(4)23-19(28)11-17(27)12-20(23)29/h6-9,11-12,14-15,25H,5,10,13H2,1-4H3,(H,30,31,33)/t15-,25?/m1/s1. The van der Waals surface area contributed by atoms with Gasteiger partial charge in [-0.25, -0.2) is 22.2 Å². The van der Waals surface area contributed by atoms with Gasteiger partial charge in [0.15, 0.2) is 15.0 Å². The second-order valence-electron chi connectivity index (χ2n) is 9.42. The fourth-order valence-corrected chi connectivity index (χ4v) is 6.81. The molecular formula is C26H28ClF2N3O3S2. The Hall–Kier alpha value is -2.40. The van der Waals surface area contributed by atoms with Crippen LogP contribution in [0.2, 0.25) is 5.02 Å². The molecule has 2 aromatic carbocycles. The third kappa shape index (κ3) is 5.72. The van der Waals surface area contributed by atoms with E-state index in [1.807, 2.05) is 18.7 Å². The van der Waals surface area contributed by atoms with E-state index < -0.39 is 27.5 Å². The molecule has 1 N–H and O–H groups in total. The van der Waals surface area contributed by atoms with Crippen LogP contribution in [-0.4, -0.2) is 30.0 Å². The number of aromatic nitrogens is 1. The van der Waals surface area contributed by atoms with Crippen LogP contribution in [-0.2, 0) is 27.6 Å². The molecule has 6 nitrogen and oxygen atoms in total. The lowest BCUT2D eigenvalue weighted by Gasteiger charge is -2.33. The first-order chi connectivity index (χ1) is 17.4. The normalized spacial score (nSPS) is 16.7. The zero-order valence-corrected chi connectivity index (χ0v) is 23.3. The number of thiazole rings is 1. The number of sulfone groups is 1. The Morgan fingerprint density at radius 2 is 1.81 bits per heavy atom. The molecule has 1 aromatic heterocycles. The van der Waals surface area contributed by atoms with Gasteiger partial charge < -0.3 is 5.32 Å². The highest BCUT2D eigenvalue weighted by atomic mass is 35.5. The molecule has 4 rings (SSSR count). The number of carbonyl (C=O) groups is 1. The number of hydrogen-bond donors (Lipinski definition) is 1. The molecule has 1 aliphatic rings. The summed E-state index contributed by atoms with van der Waals surface area (Å²) in [5, 5.41) is 3.30. The number of nitrogens with zero attached hydrogens (tertiary/aromatic N) is 2. The van der Waals surface area contributed by atoms with Gasteiger partial charge in [-0.3, -0.25) is 9.69 Å². The number of hydrogen-bond acceptors (Lipinski definition) is 6. The van der Waals surface area contributed by atoms with Gasteiger partial charge in [-0.2, -0.15) is 0 Å². The van der Waals surface area contributed by atoms with Crippen molar-refractivity contribution >= 4 is 43.8 Å². The summed E-state index contributed by atoms with van der Waals surface area (Å²) in [6, 6.07) is 7.78. The first kappa shape index (κ1) is 27.6. The molecule has 0 spiro atoms. The number of amides is 1. The largest absolute Gasteiger partial charge is 0.302 e. The number of carbonyl (C=O) groups excluding carboxylic acids is 1. The third-order valence-electron chi connectivity index (χ3n) is 6.56. The number of rotatable bonds is 8. The highest BCUT2D eigenvalue weighted by Crippen LogP contribution is 2.47. The van der Waals surface area contributed by atoms with E-state index >= 15 is 0 Å². The number of anilines is 1. The summed E-state index contributed by atoms with van der Waals surface area (Å²) in [7, 11) is -3.30. The van der Waals surface area contributed by atoms with Crippen LogP contribution in [0.25, 0.3) is 0 Å². The van der Waals surface area contributed by atoms with E-state index in [-0.39, 0.29) is 45.5 Å². The van der Waals surface area contributed by atoms with Gasteiger partial charge in [-0.15, -0.1) is 11.3 Å². The van der Waals surface area contributed by atoms with Crippen LogP contribution in [0.3, 0.4) is 0 Å². The van der Waals surface area contributed by atoms with Crippen LogP contribution in [0.1, 0.15) is 61.5 Å². The van der Waals surface area contributed by atoms with E-state index in [0.29, 0.717) is 17.2 Å². The van der Waals surface area contributed by atoms with Gasteiger partial charge in [0.1, 0.15) is 11.6 Å². The van der Waals surface area contributed by atoms with E-state index in [1.165, 1.54) is 23.5 Å². The molecule has 0 saturated carbocycles. The quantitative estimate of drug-likeness (QED) is 0.344. The Bertz CT molecular complexity index is 1400. The minimum Gasteiger partial charge on any atom is -0.302 e. The molecule has 3 aromatic rings. The monoisotopic (exact) mass is 567 g/mol. The topological polar surface area (TPSA) is 79.4 Å². The molecule has 0 aliphatic carbocycles. The fourth-order valence-electron chi connectivity index (χ4n) is 4.71. The lowest BCUT2D eigenvalue weighted by molar-refractivity contribution is -0.115. The molecule has 1 unspecified atom stereocenters. The van der Waals surface area contributed by atoms with Crippen molar-refractivity contribution < 1.29 is 22.0 Å². The number of nitrogens with one attached hydrogen (secondary N) is 1. The van der Waals surface area contributed by atoms with Crippen molar-refractivity contribution in [2.24, 2.45) is 5.92 Å². The van der Waals surface area contributed by atoms with Crippen LogP contribution in [0, 0.1) is 17.6 Å². The van der Waals surface area contributed by atoms with Gasteiger partial charge in [0.25, 0.3) is 0 Å². The Labute approximate surface area is 224 Å². The van der Waals surface area contributed by atoms with Crippen LogP contribution in [0.15, 0.2) is 41.3 Å². The van der Waals surface area contributed by atoms with Crippen molar-refractivity contribution in [1.29, 1.82) is 0 Å². The Kier molecular flexibility index (Phi) is 8.04. The van der Waals surface area contributed by atoms with Gasteiger partial charge in [0.05, 0.1) is 28.8 Å². The van der Waals surface area contributed by atoms with E-state index in [2.05, 4.69) is 10.3 Å². The minimum atomic E-state index is -3.30. The van der Waals surface area contributed by atoms with Crippen molar-refractivity contribution in [3.63, 3.8) is 0 Å². The maximum atomic E-state index is 14.6. The van der Waals surface area contributed by atoms with E-state index in [9.17, 15) is 22.0 Å². The average Bonchev–Trinajstić information content (AvgIpc) is 3.35. The molecule has 2 heterocycles. The minimum absolute atomic E-state index is 0.0101. The average molecular weight is 568 g/mol. The lowest BCUT2D eigenvalue weighted by Crippen LogP contribution is -2.30. The van der Waals surface area contributed by atoms with Gasteiger partial charge in [-0.1, -0.05) is 44.5 Å². The maximum absolute atomic E-state index is 14.6. The lowest BCUT2D eigenvalue weighted by atomic mass is 9.98. The SMILES string of the molecule is CCS(=O)(=O)c1ccc(CC(=O)Nc2nc3c(s2)CN([C@H](C)c2c(F)cc(Cl)cc2F)C3C(C)C)cc1. The molecule has 1 aliphatic heterocycles. The second kappa shape index (κ2) is 10.8. The van der Waals surface area contributed by atoms with Crippen molar-refractivity contribution in [2.45, 2.75) is 57.6 Å². The van der Waals surface area contributed by atoms with Gasteiger partial charge in [0.2, 0.25) is 5.91 Å². The van der Waals surface area contributed by atoms with Crippen LogP contribution in [0.5, 0.6) is 0 Å². The molecule has 0 saturated heterocycles. The predicted octanol–water partition coefficient (Wildman–Crippen LogP) is 6.32. The van der Waals surface area contributed by atoms with Crippen molar-refractivity contribution in [1.82, 2.24) is 9.88 Å². The van der Waals surface area contributed by atoms with Crippen molar-refractivity contribution in [3.8, 4) is 0 Å². The molecule has 0 radical (unpaired) electrons. The molecule has 198 valence electrons. The van der Waals surface area contributed by atoms with Gasteiger partial charge in [0, 0.05) is 28.0 Å².